The summed E-state index contributed by atoms with van der Waals surface area (Å²) in [6, 6.07) is 19.6. The molecule has 2 amide bonds. The molecule has 3 aromatic carbocycles. The molecular formula is C27H24ClN3O4. The lowest BCUT2D eigenvalue weighted by atomic mass is 10.1. The molecule has 0 saturated heterocycles. The number of aromatic nitrogens is 1. The number of rotatable bonds is 6. The quantitative estimate of drug-likeness (QED) is 0.307. The van der Waals surface area contributed by atoms with E-state index in [1.165, 1.54) is 7.11 Å². The Morgan fingerprint density at radius 2 is 1.57 bits per heavy atom. The first-order valence-corrected chi connectivity index (χ1v) is 11.3. The summed E-state index contributed by atoms with van der Waals surface area (Å²) in [5.74, 6) is -0.0754. The molecule has 4 aromatic rings. The monoisotopic (exact) mass is 489 g/mol. The van der Waals surface area contributed by atoms with E-state index in [9.17, 15) is 9.59 Å². The van der Waals surface area contributed by atoms with Gasteiger partial charge < -0.3 is 20.1 Å². The Morgan fingerprint density at radius 1 is 0.886 bits per heavy atom. The number of methoxy groups -OCH3 is 1. The van der Waals surface area contributed by atoms with Crippen LogP contribution in [0.4, 0.5) is 16.2 Å². The van der Waals surface area contributed by atoms with E-state index in [4.69, 9.17) is 26.1 Å². The maximum atomic E-state index is 12.6. The van der Waals surface area contributed by atoms with Gasteiger partial charge in [-0.25, -0.2) is 14.6 Å². The van der Waals surface area contributed by atoms with Crippen LogP contribution in [0.5, 0.6) is 5.75 Å². The molecule has 35 heavy (non-hydrogen) atoms. The first kappa shape index (κ1) is 24.0. The minimum atomic E-state index is -0.509. The van der Waals surface area contributed by atoms with Gasteiger partial charge in [-0.2, -0.15) is 0 Å². The number of esters is 1. The Labute approximate surface area is 208 Å². The minimum Gasteiger partial charge on any atom is -0.481 e. The lowest BCUT2D eigenvalue weighted by Gasteiger charge is -2.13. The molecule has 0 unspecified atom stereocenters. The Kier molecular flexibility index (Phi) is 7.17. The van der Waals surface area contributed by atoms with Crippen molar-refractivity contribution in [3.63, 3.8) is 0 Å². The summed E-state index contributed by atoms with van der Waals surface area (Å²) in [6.07, 6.45) is 0. The lowest BCUT2D eigenvalue weighted by molar-refractivity contribution is -0.142. The molecule has 0 bridgehead atoms. The summed E-state index contributed by atoms with van der Waals surface area (Å²) in [7, 11) is 1.30. The van der Waals surface area contributed by atoms with Crippen molar-refractivity contribution in [3.05, 3.63) is 82.9 Å². The number of pyridine rings is 1. The Bertz CT molecular complexity index is 1400. The van der Waals surface area contributed by atoms with Gasteiger partial charge in [0.1, 0.15) is 5.75 Å². The molecule has 4 rings (SSSR count). The topological polar surface area (TPSA) is 89.6 Å². The van der Waals surface area contributed by atoms with Crippen LogP contribution in [0, 0.1) is 13.8 Å². The number of amides is 2. The van der Waals surface area contributed by atoms with Gasteiger partial charge in [0, 0.05) is 33.4 Å². The molecule has 0 aliphatic heterocycles. The molecule has 0 aliphatic carbocycles. The minimum absolute atomic E-state index is 0.263. The van der Waals surface area contributed by atoms with E-state index < -0.39 is 5.97 Å². The van der Waals surface area contributed by atoms with Gasteiger partial charge in [0.2, 0.25) is 0 Å². The van der Waals surface area contributed by atoms with Gasteiger partial charge in [-0.15, -0.1) is 0 Å². The number of hydrogen-bond donors (Lipinski definition) is 2. The number of anilines is 2. The van der Waals surface area contributed by atoms with Crippen molar-refractivity contribution in [1.82, 2.24) is 4.98 Å². The van der Waals surface area contributed by atoms with Crippen molar-refractivity contribution in [2.24, 2.45) is 0 Å². The average molecular weight is 490 g/mol. The van der Waals surface area contributed by atoms with E-state index in [0.717, 1.165) is 16.7 Å². The van der Waals surface area contributed by atoms with E-state index in [0.29, 0.717) is 38.7 Å². The summed E-state index contributed by atoms with van der Waals surface area (Å²) in [5, 5.41) is 6.92. The average Bonchev–Trinajstić information content (AvgIpc) is 2.85. The summed E-state index contributed by atoms with van der Waals surface area (Å²) in [4.78, 5) is 29.0. The third-order valence-electron chi connectivity index (χ3n) is 5.51. The first-order valence-electron chi connectivity index (χ1n) is 10.9. The van der Waals surface area contributed by atoms with Crippen molar-refractivity contribution in [3.8, 4) is 17.0 Å². The zero-order chi connectivity index (χ0) is 24.9. The van der Waals surface area contributed by atoms with Gasteiger partial charge in [0.15, 0.2) is 6.61 Å². The van der Waals surface area contributed by atoms with E-state index >= 15 is 0 Å². The maximum Gasteiger partial charge on any atom is 0.343 e. The number of nitrogens with one attached hydrogen (secondary N) is 2. The fourth-order valence-corrected chi connectivity index (χ4v) is 3.59. The molecule has 0 aliphatic rings. The van der Waals surface area contributed by atoms with Gasteiger partial charge in [0.05, 0.1) is 18.3 Å². The molecule has 0 radical (unpaired) electrons. The first-order chi connectivity index (χ1) is 16.8. The van der Waals surface area contributed by atoms with Crippen molar-refractivity contribution < 1.29 is 19.1 Å². The van der Waals surface area contributed by atoms with Crippen LogP contribution < -0.4 is 15.4 Å². The van der Waals surface area contributed by atoms with Gasteiger partial charge in [-0.1, -0.05) is 29.8 Å². The summed E-state index contributed by atoms with van der Waals surface area (Å²) < 4.78 is 10.5. The summed E-state index contributed by atoms with van der Waals surface area (Å²) in [5.41, 5.74) is 5.61. The van der Waals surface area contributed by atoms with Crippen LogP contribution in [0.3, 0.4) is 0 Å². The second kappa shape index (κ2) is 10.4. The fourth-order valence-electron chi connectivity index (χ4n) is 3.47. The van der Waals surface area contributed by atoms with Crippen LogP contribution in [0.25, 0.3) is 22.2 Å². The Hall–Kier alpha value is -4.10. The van der Waals surface area contributed by atoms with Crippen LogP contribution >= 0.6 is 11.6 Å². The number of benzene rings is 3. The molecule has 2 N–H and O–H groups in total. The molecule has 7 nitrogen and oxygen atoms in total. The standard InChI is InChI=1S/C27H24ClN3O4/c1-16-4-9-20(12-17(16)2)29-27(33)30-21-10-11-23-22(13-21)25(35-15-26(32)34-3)14-24(31-23)18-5-7-19(28)8-6-18/h4-14H,15H2,1-3H3,(H2,29,30,33). The molecule has 1 aromatic heterocycles. The molecule has 0 fully saturated rings. The fraction of sp³-hybridized carbons (Fsp3) is 0.148. The molecule has 178 valence electrons. The lowest BCUT2D eigenvalue weighted by Crippen LogP contribution is -2.19. The molecule has 0 saturated carbocycles. The van der Waals surface area contributed by atoms with Crippen LogP contribution in [0.1, 0.15) is 11.1 Å². The van der Waals surface area contributed by atoms with E-state index in [2.05, 4.69) is 10.6 Å². The second-order valence-corrected chi connectivity index (χ2v) is 8.42. The van der Waals surface area contributed by atoms with Crippen molar-refractivity contribution in [2.75, 3.05) is 24.4 Å². The van der Waals surface area contributed by atoms with Gasteiger partial charge >= 0.3 is 12.0 Å². The zero-order valence-corrected chi connectivity index (χ0v) is 20.3. The number of fused-ring (bicyclic) bond motifs is 1. The molecule has 1 heterocycles. The summed E-state index contributed by atoms with van der Waals surface area (Å²) >= 11 is 6.01. The largest absolute Gasteiger partial charge is 0.481 e. The van der Waals surface area contributed by atoms with Crippen LogP contribution in [0.2, 0.25) is 5.02 Å². The molecule has 0 atom stereocenters. The predicted octanol–water partition coefficient (Wildman–Crippen LogP) is 6.37. The van der Waals surface area contributed by atoms with Gasteiger partial charge in [-0.3, -0.25) is 0 Å². The SMILES string of the molecule is COC(=O)COc1cc(-c2ccc(Cl)cc2)nc2ccc(NC(=O)Nc3ccc(C)c(C)c3)cc12. The van der Waals surface area contributed by atoms with Crippen LogP contribution in [-0.4, -0.2) is 30.7 Å². The number of nitrogens with zero attached hydrogens (tertiary/aromatic N) is 1. The second-order valence-electron chi connectivity index (χ2n) is 7.99. The number of ether oxygens (including phenoxy) is 2. The number of carbonyl (C=O) groups is 2. The highest BCUT2D eigenvalue weighted by atomic mass is 35.5. The third-order valence-corrected chi connectivity index (χ3v) is 5.76. The molecular weight excluding hydrogens is 466 g/mol. The number of carbonyl (C=O) groups excluding carboxylic acids is 2. The highest BCUT2D eigenvalue weighted by Gasteiger charge is 2.13. The van der Waals surface area contributed by atoms with E-state index in [1.54, 1.807) is 36.4 Å². The zero-order valence-electron chi connectivity index (χ0n) is 19.5. The number of hydrogen-bond acceptors (Lipinski definition) is 5. The smallest absolute Gasteiger partial charge is 0.343 e. The number of urea groups is 1. The Balaban J connectivity index is 1.64. The molecule has 0 spiro atoms. The highest BCUT2D eigenvalue weighted by Crippen LogP contribution is 2.32. The number of aryl methyl sites for hydroxylation is 2. The predicted molar refractivity (Wildman–Crippen MR) is 138 cm³/mol. The number of halogens is 1. The maximum absolute atomic E-state index is 12.6. The molecule has 8 heteroatoms. The normalized spacial score (nSPS) is 10.6. The van der Waals surface area contributed by atoms with Crippen molar-refractivity contribution in [2.45, 2.75) is 13.8 Å². The summed E-state index contributed by atoms with van der Waals surface area (Å²) in [6.45, 7) is 3.74. The van der Waals surface area contributed by atoms with Crippen LogP contribution in [-0.2, 0) is 9.53 Å². The van der Waals surface area contributed by atoms with E-state index in [1.807, 2.05) is 44.2 Å². The van der Waals surface area contributed by atoms with E-state index in [-0.39, 0.29) is 12.6 Å². The van der Waals surface area contributed by atoms with Gasteiger partial charge in [0.25, 0.3) is 0 Å². The van der Waals surface area contributed by atoms with Crippen molar-refractivity contribution in [1.29, 1.82) is 0 Å². The van der Waals surface area contributed by atoms with Crippen LogP contribution in [0.15, 0.2) is 66.7 Å². The van der Waals surface area contributed by atoms with Gasteiger partial charge in [-0.05, 0) is 67.4 Å². The Morgan fingerprint density at radius 3 is 2.26 bits per heavy atom. The highest BCUT2D eigenvalue weighted by molar-refractivity contribution is 6.30. The van der Waals surface area contributed by atoms with Crippen molar-refractivity contribution >= 4 is 45.9 Å². The third kappa shape index (κ3) is 5.88.